The van der Waals surface area contributed by atoms with Crippen LogP contribution >= 0.6 is 0 Å². The molecule has 0 bridgehead atoms. The Morgan fingerprint density at radius 2 is 2.47 bits per heavy atom. The Morgan fingerprint density at radius 1 is 1.71 bits per heavy atom. The number of carbonyl (C=O) groups is 1. The normalized spacial score (nSPS) is 23.5. The van der Waals surface area contributed by atoms with Crippen molar-refractivity contribution in [3.8, 4) is 0 Å². The maximum Gasteiger partial charge on any atom is 0.329 e. The first kappa shape index (κ1) is 12.0. The third-order valence-corrected chi connectivity index (χ3v) is 2.91. The van der Waals surface area contributed by atoms with E-state index in [9.17, 15) is 9.90 Å². The molecule has 0 aromatic carbocycles. The smallest absolute Gasteiger partial charge is 0.329 e. The molecule has 3 unspecified atom stereocenters. The van der Waals surface area contributed by atoms with Crippen LogP contribution in [0, 0.1) is 0 Å². The summed E-state index contributed by atoms with van der Waals surface area (Å²) in [6.07, 6.45) is 1.13. The van der Waals surface area contributed by atoms with E-state index in [-0.39, 0.29) is 5.92 Å². The van der Waals surface area contributed by atoms with Gasteiger partial charge in [-0.1, -0.05) is 0 Å². The van der Waals surface area contributed by atoms with Crippen LogP contribution < -0.4 is 0 Å². The Morgan fingerprint density at radius 3 is 3.00 bits per heavy atom. The first-order valence-corrected chi connectivity index (χ1v) is 5.49. The van der Waals surface area contributed by atoms with E-state index in [4.69, 9.17) is 9.84 Å². The summed E-state index contributed by atoms with van der Waals surface area (Å²) in [6, 6.07) is -1.06. The molecule has 2 N–H and O–H groups in total. The van der Waals surface area contributed by atoms with Crippen LogP contribution in [0.2, 0.25) is 0 Å². The van der Waals surface area contributed by atoms with Crippen molar-refractivity contribution < 1.29 is 19.7 Å². The molecule has 2 heterocycles. The summed E-state index contributed by atoms with van der Waals surface area (Å²) in [4.78, 5) is 11.1. The summed E-state index contributed by atoms with van der Waals surface area (Å²) in [5.74, 6) is -0.478. The summed E-state index contributed by atoms with van der Waals surface area (Å²) in [6.45, 7) is 2.60. The zero-order valence-electron chi connectivity index (χ0n) is 9.48. The van der Waals surface area contributed by atoms with Crippen molar-refractivity contribution in [1.82, 2.24) is 14.8 Å². The minimum atomic E-state index is -1.10. The molecule has 1 aromatic rings. The largest absolute Gasteiger partial charge is 0.480 e. The number of aliphatic carboxylic acids is 1. The fraction of sp³-hybridized carbons (Fsp3) is 0.700. The molecule has 1 saturated heterocycles. The van der Waals surface area contributed by atoms with Crippen molar-refractivity contribution in [3.63, 3.8) is 0 Å². The topological polar surface area (TPSA) is 97.5 Å². The molecule has 0 amide bonds. The van der Waals surface area contributed by atoms with E-state index in [0.717, 1.165) is 6.42 Å². The molecule has 3 atom stereocenters. The second-order valence-electron chi connectivity index (χ2n) is 4.18. The molecule has 1 aromatic heterocycles. The first-order chi connectivity index (χ1) is 8.11. The van der Waals surface area contributed by atoms with Crippen molar-refractivity contribution in [2.75, 3.05) is 13.2 Å². The molecule has 0 spiro atoms. The lowest BCUT2D eigenvalue weighted by atomic mass is 10.1. The molecule has 17 heavy (non-hydrogen) atoms. The van der Waals surface area contributed by atoms with E-state index < -0.39 is 18.1 Å². The highest BCUT2D eigenvalue weighted by Gasteiger charge is 2.31. The third kappa shape index (κ3) is 2.29. The Kier molecular flexibility index (Phi) is 3.39. The lowest BCUT2D eigenvalue weighted by Crippen LogP contribution is -2.30. The van der Waals surface area contributed by atoms with Crippen molar-refractivity contribution >= 4 is 5.97 Å². The number of aliphatic hydroxyl groups excluding tert-OH is 1. The standard InChI is InChI=1S/C10H15N3O4/c1-6(14)8(10(15)16)13-5-11-12-9(13)7-2-3-17-4-7/h5-8,14H,2-4H2,1H3,(H,15,16). The van der Waals surface area contributed by atoms with Gasteiger partial charge in [-0.3, -0.25) is 0 Å². The average molecular weight is 241 g/mol. The maximum absolute atomic E-state index is 11.1. The zero-order valence-corrected chi connectivity index (χ0v) is 9.48. The van der Waals surface area contributed by atoms with Crippen LogP contribution in [-0.2, 0) is 9.53 Å². The molecule has 2 rings (SSSR count). The maximum atomic E-state index is 11.1. The van der Waals surface area contributed by atoms with Gasteiger partial charge in [0.25, 0.3) is 0 Å². The molecular formula is C10H15N3O4. The van der Waals surface area contributed by atoms with Gasteiger partial charge in [0.2, 0.25) is 0 Å². The van der Waals surface area contributed by atoms with Gasteiger partial charge >= 0.3 is 5.97 Å². The zero-order chi connectivity index (χ0) is 12.4. The fourth-order valence-electron chi connectivity index (χ4n) is 2.05. The van der Waals surface area contributed by atoms with Crippen LogP contribution in [-0.4, -0.2) is 50.3 Å². The molecular weight excluding hydrogens is 226 g/mol. The molecule has 0 aliphatic carbocycles. The molecule has 1 aliphatic rings. The highest BCUT2D eigenvalue weighted by molar-refractivity contribution is 5.72. The second kappa shape index (κ2) is 4.80. The van der Waals surface area contributed by atoms with E-state index in [1.54, 1.807) is 0 Å². The highest BCUT2D eigenvalue weighted by Crippen LogP contribution is 2.26. The van der Waals surface area contributed by atoms with Gasteiger partial charge < -0.3 is 19.5 Å². The van der Waals surface area contributed by atoms with E-state index in [0.29, 0.717) is 19.0 Å². The van der Waals surface area contributed by atoms with Crippen LogP contribution in [0.1, 0.15) is 31.1 Å². The number of aromatic nitrogens is 3. The van der Waals surface area contributed by atoms with Crippen molar-refractivity contribution in [3.05, 3.63) is 12.2 Å². The Balaban J connectivity index is 2.30. The minimum absolute atomic E-state index is 0.0538. The quantitative estimate of drug-likeness (QED) is 0.757. The Labute approximate surface area is 98.0 Å². The van der Waals surface area contributed by atoms with E-state index in [2.05, 4.69) is 10.2 Å². The number of ether oxygens (including phenoxy) is 1. The number of carboxylic acid groups (broad SMARTS) is 1. The van der Waals surface area contributed by atoms with E-state index >= 15 is 0 Å². The van der Waals surface area contributed by atoms with Gasteiger partial charge in [-0.25, -0.2) is 4.79 Å². The van der Waals surface area contributed by atoms with Crippen LogP contribution in [0.3, 0.4) is 0 Å². The molecule has 0 saturated carbocycles. The van der Waals surface area contributed by atoms with Crippen LogP contribution in [0.15, 0.2) is 6.33 Å². The monoisotopic (exact) mass is 241 g/mol. The summed E-state index contributed by atoms with van der Waals surface area (Å²) < 4.78 is 6.67. The molecule has 7 nitrogen and oxygen atoms in total. The number of aliphatic hydroxyl groups is 1. The van der Waals surface area contributed by atoms with Gasteiger partial charge in [-0.15, -0.1) is 10.2 Å². The molecule has 1 fully saturated rings. The van der Waals surface area contributed by atoms with Gasteiger partial charge in [0.05, 0.1) is 12.7 Å². The summed E-state index contributed by atoms with van der Waals surface area (Å²) >= 11 is 0. The highest BCUT2D eigenvalue weighted by atomic mass is 16.5. The first-order valence-electron chi connectivity index (χ1n) is 5.49. The van der Waals surface area contributed by atoms with Crippen molar-refractivity contribution in [1.29, 1.82) is 0 Å². The minimum Gasteiger partial charge on any atom is -0.480 e. The number of carboxylic acids is 1. The van der Waals surface area contributed by atoms with Gasteiger partial charge in [0.1, 0.15) is 12.2 Å². The lowest BCUT2D eigenvalue weighted by Gasteiger charge is -2.19. The number of hydrogen-bond donors (Lipinski definition) is 2. The van der Waals surface area contributed by atoms with Crippen molar-refractivity contribution in [2.45, 2.75) is 31.4 Å². The van der Waals surface area contributed by atoms with E-state index in [1.807, 2.05) is 0 Å². The van der Waals surface area contributed by atoms with Gasteiger partial charge in [0, 0.05) is 12.5 Å². The van der Waals surface area contributed by atoms with Gasteiger partial charge in [-0.2, -0.15) is 0 Å². The molecule has 0 radical (unpaired) electrons. The van der Waals surface area contributed by atoms with Crippen LogP contribution in [0.4, 0.5) is 0 Å². The number of rotatable bonds is 4. The number of hydrogen-bond acceptors (Lipinski definition) is 5. The SMILES string of the molecule is CC(O)C(C(=O)O)n1cnnc1C1CCOC1. The third-order valence-electron chi connectivity index (χ3n) is 2.91. The predicted octanol–water partition coefficient (Wildman–Crippen LogP) is -0.212. The summed E-state index contributed by atoms with van der Waals surface area (Å²) in [7, 11) is 0. The summed E-state index contributed by atoms with van der Waals surface area (Å²) in [5, 5.41) is 26.3. The predicted molar refractivity (Wildman–Crippen MR) is 56.6 cm³/mol. The average Bonchev–Trinajstić information content (AvgIpc) is 2.84. The number of nitrogens with zero attached hydrogens (tertiary/aromatic N) is 3. The molecule has 7 heteroatoms. The Bertz CT molecular complexity index is 398. The molecule has 94 valence electrons. The lowest BCUT2D eigenvalue weighted by molar-refractivity contribution is -0.144. The summed E-state index contributed by atoms with van der Waals surface area (Å²) in [5.41, 5.74) is 0. The van der Waals surface area contributed by atoms with Gasteiger partial charge in [0.15, 0.2) is 6.04 Å². The molecule has 1 aliphatic heterocycles. The Hall–Kier alpha value is -1.47. The van der Waals surface area contributed by atoms with Gasteiger partial charge in [-0.05, 0) is 13.3 Å². The fourth-order valence-corrected chi connectivity index (χ4v) is 2.05. The van der Waals surface area contributed by atoms with Crippen molar-refractivity contribution in [2.24, 2.45) is 0 Å². The van der Waals surface area contributed by atoms with E-state index in [1.165, 1.54) is 17.8 Å². The van der Waals surface area contributed by atoms with Crippen LogP contribution in [0.25, 0.3) is 0 Å². The second-order valence-corrected chi connectivity index (χ2v) is 4.18. The van der Waals surface area contributed by atoms with Crippen LogP contribution in [0.5, 0.6) is 0 Å².